The standard InChI is InChI=1S/C41H29N7Si.C39H29N3Si/c1-2-8-30(9-3-1)32-18-36(26-43-22-32)49(37-19-33(23-44-27-37)31-12-16-42-17-13-31,38-20-34(24-45-28-38)40-10-4-6-14-47-40)39-21-35(25-46-29-39)41-11-5-7-15-48-41;1-4-12-30(13-5-1)32-16-10-20-37(22-32)43(36-18-8-3-9-19-36,38-23-34(26-41-28-38)31-14-6-2-7-15-31)39-24-35(27-42-29-39)33-17-11-21-40-25-33/h1-29H;1-29H. The fourth-order valence-electron chi connectivity index (χ4n) is 12.4. The molecule has 10 heterocycles. The lowest BCUT2D eigenvalue weighted by molar-refractivity contribution is 1.28. The molecule has 0 aliphatic carbocycles. The molecule has 15 rings (SSSR count). The van der Waals surface area contributed by atoms with Gasteiger partial charge < -0.3 is 0 Å². The minimum Gasteiger partial charge on any atom is -0.265 e. The summed E-state index contributed by atoms with van der Waals surface area (Å²) in [6.07, 6.45) is 34.5. The Morgan fingerprint density at radius 3 is 0.891 bits per heavy atom. The maximum Gasteiger partial charge on any atom is 0.185 e. The predicted molar refractivity (Wildman–Crippen MR) is 376 cm³/mol. The van der Waals surface area contributed by atoms with Gasteiger partial charge in [-0.25, -0.2) is 0 Å². The van der Waals surface area contributed by atoms with Crippen molar-refractivity contribution in [2.24, 2.45) is 0 Å². The van der Waals surface area contributed by atoms with Gasteiger partial charge >= 0.3 is 0 Å². The molecule has 1 atom stereocenters. The first kappa shape index (κ1) is 57.8. The van der Waals surface area contributed by atoms with Crippen LogP contribution >= 0.6 is 0 Å². The summed E-state index contributed by atoms with van der Waals surface area (Å²) in [5, 5.41) is 9.19. The lowest BCUT2D eigenvalue weighted by atomic mass is 10.1. The van der Waals surface area contributed by atoms with E-state index in [1.54, 1.807) is 18.6 Å². The minimum atomic E-state index is -3.28. The van der Waals surface area contributed by atoms with Gasteiger partial charge in [0.2, 0.25) is 0 Å². The molecule has 0 saturated carbocycles. The number of pyridine rings is 10. The average molecular weight is 1220 g/mol. The molecule has 92 heavy (non-hydrogen) atoms. The van der Waals surface area contributed by atoms with Crippen molar-refractivity contribution in [2.75, 3.05) is 0 Å². The molecule has 10 aromatic heterocycles. The van der Waals surface area contributed by atoms with Crippen LogP contribution in [0.25, 0.3) is 78.1 Å². The number of hydrogen-bond donors (Lipinski definition) is 0. The molecule has 0 aliphatic rings. The summed E-state index contributed by atoms with van der Waals surface area (Å²) in [6.45, 7) is 0. The Kier molecular flexibility index (Phi) is 16.8. The Bertz CT molecular complexity index is 4390. The normalized spacial score (nSPS) is 11.8. The predicted octanol–water partition coefficient (Wildman–Crippen LogP) is 11.7. The number of hydrogen-bond acceptors (Lipinski definition) is 10. The van der Waals surface area contributed by atoms with Crippen LogP contribution in [0.3, 0.4) is 0 Å². The number of nitrogens with zero attached hydrogens (tertiary/aromatic N) is 10. The first-order valence-corrected chi connectivity index (χ1v) is 34.3. The van der Waals surface area contributed by atoms with Crippen molar-refractivity contribution in [1.29, 1.82) is 0 Å². The van der Waals surface area contributed by atoms with Crippen molar-refractivity contribution >= 4 is 57.6 Å². The van der Waals surface area contributed by atoms with E-state index in [4.69, 9.17) is 29.9 Å². The van der Waals surface area contributed by atoms with Crippen LogP contribution in [0.1, 0.15) is 0 Å². The van der Waals surface area contributed by atoms with E-state index in [0.717, 1.165) is 87.8 Å². The molecule has 0 N–H and O–H groups in total. The smallest absolute Gasteiger partial charge is 0.185 e. The summed E-state index contributed by atoms with van der Waals surface area (Å²) in [4.78, 5) is 47.2. The van der Waals surface area contributed by atoms with E-state index in [1.807, 2.05) is 141 Å². The lowest BCUT2D eigenvalue weighted by Gasteiger charge is -2.34. The maximum absolute atomic E-state index is 4.89. The first-order chi connectivity index (χ1) is 45.6. The van der Waals surface area contributed by atoms with Gasteiger partial charge in [-0.05, 0) is 135 Å². The Labute approximate surface area is 536 Å². The van der Waals surface area contributed by atoms with E-state index >= 15 is 0 Å². The largest absolute Gasteiger partial charge is 0.265 e. The third kappa shape index (κ3) is 11.8. The Hall–Kier alpha value is -12.0. The molecule has 0 spiro atoms. The highest BCUT2D eigenvalue weighted by atomic mass is 28.3. The summed E-state index contributed by atoms with van der Waals surface area (Å²) >= 11 is 0. The third-order valence-corrected chi connectivity index (χ3v) is 26.0. The van der Waals surface area contributed by atoms with Crippen molar-refractivity contribution in [3.63, 3.8) is 0 Å². The molecule has 5 aromatic carbocycles. The zero-order chi connectivity index (χ0) is 61.8. The topological polar surface area (TPSA) is 129 Å². The molecule has 0 bridgehead atoms. The molecule has 0 saturated heterocycles. The van der Waals surface area contributed by atoms with E-state index in [2.05, 4.69) is 214 Å². The molecule has 0 fully saturated rings. The highest BCUT2D eigenvalue weighted by molar-refractivity contribution is 7.20. The Morgan fingerprint density at radius 1 is 0.163 bits per heavy atom. The van der Waals surface area contributed by atoms with Gasteiger partial charge in [0.1, 0.15) is 0 Å². The fraction of sp³-hybridized carbons (Fsp3) is 0. The second-order valence-corrected chi connectivity index (χ2v) is 29.8. The van der Waals surface area contributed by atoms with Crippen molar-refractivity contribution in [3.05, 3.63) is 354 Å². The molecular weight excluding hydrogens is 1160 g/mol. The number of benzene rings is 5. The minimum absolute atomic E-state index is 0.847. The average Bonchev–Trinajstić information content (AvgIpc) is 0.743. The van der Waals surface area contributed by atoms with Crippen molar-refractivity contribution < 1.29 is 0 Å². The molecule has 10 nitrogen and oxygen atoms in total. The second-order valence-electron chi connectivity index (χ2n) is 22.2. The highest BCUT2D eigenvalue weighted by Gasteiger charge is 2.45. The monoisotopic (exact) mass is 1210 g/mol. The van der Waals surface area contributed by atoms with Crippen molar-refractivity contribution in [3.8, 4) is 78.1 Å². The van der Waals surface area contributed by atoms with Gasteiger partial charge in [0.05, 0.1) is 11.4 Å². The van der Waals surface area contributed by atoms with E-state index in [-0.39, 0.29) is 0 Å². The van der Waals surface area contributed by atoms with Crippen LogP contribution in [-0.2, 0) is 0 Å². The summed E-state index contributed by atoms with van der Waals surface area (Å²) < 4.78 is 0. The van der Waals surface area contributed by atoms with Crippen LogP contribution in [0, 0.1) is 0 Å². The van der Waals surface area contributed by atoms with E-state index in [1.165, 1.54) is 31.9 Å². The molecular formula is C80H58N10Si2. The lowest BCUT2D eigenvalue weighted by Crippen LogP contribution is -2.75. The SMILES string of the molecule is c1ccc(-c2cccc([Si](c3ccccc3)(c3cncc(-c4ccccc4)c3)c3cncc(-c4cccnc4)c3)c2)cc1.c1ccc(-c2cncc([Si](c3cncc(-c4ccncc4)c3)(c3cncc(-c4ccccn4)c3)c3cncc(-c4ccccn4)c3)c2)cc1. The zero-order valence-electron chi connectivity index (χ0n) is 50.0. The van der Waals surface area contributed by atoms with Gasteiger partial charge in [0, 0.05) is 139 Å². The summed E-state index contributed by atoms with van der Waals surface area (Å²) in [5.74, 6) is 0. The van der Waals surface area contributed by atoms with Gasteiger partial charge in [0.15, 0.2) is 16.1 Å². The Morgan fingerprint density at radius 2 is 0.478 bits per heavy atom. The van der Waals surface area contributed by atoms with Crippen molar-refractivity contribution in [1.82, 2.24) is 49.8 Å². The second kappa shape index (κ2) is 26.8. The fourth-order valence-corrected chi connectivity index (χ4v) is 21.7. The van der Waals surface area contributed by atoms with Gasteiger partial charge in [0.25, 0.3) is 0 Å². The maximum atomic E-state index is 4.89. The van der Waals surface area contributed by atoms with Crippen molar-refractivity contribution in [2.45, 2.75) is 0 Å². The number of rotatable bonds is 15. The van der Waals surface area contributed by atoms with E-state index < -0.39 is 16.1 Å². The van der Waals surface area contributed by atoms with Crippen LogP contribution < -0.4 is 41.5 Å². The van der Waals surface area contributed by atoms with Crippen LogP contribution in [-0.4, -0.2) is 66.0 Å². The summed E-state index contributed by atoms with van der Waals surface area (Å²) in [7, 11) is -6.22. The molecule has 0 amide bonds. The van der Waals surface area contributed by atoms with Crippen LogP contribution in [0.2, 0.25) is 0 Å². The van der Waals surface area contributed by atoms with Crippen LogP contribution in [0.5, 0.6) is 0 Å². The van der Waals surface area contributed by atoms with Crippen LogP contribution in [0.4, 0.5) is 0 Å². The quantitative estimate of drug-likeness (QED) is 0.0915. The molecule has 12 heteroatoms. The van der Waals surface area contributed by atoms with E-state index in [9.17, 15) is 0 Å². The highest BCUT2D eigenvalue weighted by Crippen LogP contribution is 2.27. The zero-order valence-corrected chi connectivity index (χ0v) is 52.0. The molecule has 436 valence electrons. The molecule has 0 aliphatic heterocycles. The molecule has 0 radical (unpaired) electrons. The van der Waals surface area contributed by atoms with E-state index in [0.29, 0.717) is 0 Å². The van der Waals surface area contributed by atoms with Gasteiger partial charge in [-0.1, -0.05) is 188 Å². The summed E-state index contributed by atoms with van der Waals surface area (Å²) in [5.41, 5.74) is 14.4. The van der Waals surface area contributed by atoms with Crippen LogP contribution in [0.15, 0.2) is 354 Å². The Balaban J connectivity index is 0.000000161. The number of aromatic nitrogens is 10. The first-order valence-electron chi connectivity index (χ1n) is 30.3. The van der Waals surface area contributed by atoms with Gasteiger partial charge in [-0.3, -0.25) is 49.8 Å². The van der Waals surface area contributed by atoms with Gasteiger partial charge in [-0.2, -0.15) is 0 Å². The summed E-state index contributed by atoms with van der Waals surface area (Å²) in [6, 6.07) is 85.0. The molecule has 15 aromatic rings. The third-order valence-electron chi connectivity index (χ3n) is 16.8. The van der Waals surface area contributed by atoms with Gasteiger partial charge in [-0.15, -0.1) is 0 Å². The molecule has 1 unspecified atom stereocenters.